The second-order valence-electron chi connectivity index (χ2n) is 4.26. The van der Waals surface area contributed by atoms with Crippen LogP contribution in [0, 0.1) is 5.41 Å². The molecular weight excluding hydrogens is 152 g/mol. The van der Waals surface area contributed by atoms with Gasteiger partial charge in [0.1, 0.15) is 6.10 Å². The average molecular weight is 168 g/mol. The molecule has 2 rings (SSSR count). The molecule has 0 bridgehead atoms. The van der Waals surface area contributed by atoms with E-state index in [4.69, 9.17) is 4.74 Å². The van der Waals surface area contributed by atoms with Crippen molar-refractivity contribution in [3.05, 3.63) is 0 Å². The maximum Gasteiger partial charge on any atom is 0.312 e. The molecule has 1 atom stereocenters. The lowest BCUT2D eigenvalue weighted by molar-refractivity contribution is -0.149. The molecule has 1 saturated carbocycles. The minimum atomic E-state index is -0.0579. The predicted molar refractivity (Wildman–Crippen MR) is 45.7 cm³/mol. The van der Waals surface area contributed by atoms with Crippen LogP contribution in [-0.2, 0) is 9.53 Å². The lowest BCUT2D eigenvalue weighted by Crippen LogP contribution is -2.28. The van der Waals surface area contributed by atoms with Crippen LogP contribution in [0.3, 0.4) is 0 Å². The van der Waals surface area contributed by atoms with E-state index >= 15 is 0 Å². The van der Waals surface area contributed by atoms with Gasteiger partial charge in [-0.15, -0.1) is 0 Å². The molecule has 1 heterocycles. The number of hydrogen-bond donors (Lipinski definition) is 0. The van der Waals surface area contributed by atoms with E-state index in [2.05, 4.69) is 0 Å². The van der Waals surface area contributed by atoms with Crippen LogP contribution >= 0.6 is 0 Å². The summed E-state index contributed by atoms with van der Waals surface area (Å²) in [5.41, 5.74) is -0.0579. The Hall–Kier alpha value is -0.530. The van der Waals surface area contributed by atoms with Gasteiger partial charge in [-0.3, -0.25) is 4.79 Å². The molecule has 1 spiro atoms. The number of cyclic esters (lactones) is 1. The van der Waals surface area contributed by atoms with E-state index in [1.165, 1.54) is 19.3 Å². The van der Waals surface area contributed by atoms with Crippen molar-refractivity contribution in [3.63, 3.8) is 0 Å². The molecule has 2 nitrogen and oxygen atoms in total. The highest BCUT2D eigenvalue weighted by molar-refractivity contribution is 5.79. The van der Waals surface area contributed by atoms with Crippen molar-refractivity contribution in [1.82, 2.24) is 0 Å². The third-order valence-corrected chi connectivity index (χ3v) is 3.23. The Bertz CT molecular complexity index is 192. The first-order chi connectivity index (χ1) is 5.73. The quantitative estimate of drug-likeness (QED) is 0.519. The Morgan fingerprint density at radius 2 is 2.00 bits per heavy atom. The lowest BCUT2D eigenvalue weighted by atomic mass is 9.72. The van der Waals surface area contributed by atoms with Gasteiger partial charge in [-0.1, -0.05) is 19.3 Å². The van der Waals surface area contributed by atoms with Gasteiger partial charge in [-0.25, -0.2) is 0 Å². The summed E-state index contributed by atoms with van der Waals surface area (Å²) in [7, 11) is 0. The molecule has 0 amide bonds. The molecule has 0 aromatic carbocycles. The van der Waals surface area contributed by atoms with E-state index in [1.807, 2.05) is 6.92 Å². The zero-order chi connectivity index (χ0) is 8.60. The van der Waals surface area contributed by atoms with Crippen LogP contribution in [0.25, 0.3) is 0 Å². The molecule has 1 aliphatic heterocycles. The van der Waals surface area contributed by atoms with Crippen molar-refractivity contribution in [2.45, 2.75) is 51.6 Å². The fraction of sp³-hybridized carbons (Fsp3) is 0.900. The van der Waals surface area contributed by atoms with E-state index in [0.717, 1.165) is 19.3 Å². The number of rotatable bonds is 0. The van der Waals surface area contributed by atoms with Crippen LogP contribution in [0.1, 0.15) is 45.4 Å². The summed E-state index contributed by atoms with van der Waals surface area (Å²) in [6.07, 6.45) is 6.97. The van der Waals surface area contributed by atoms with Crippen LogP contribution in [0.4, 0.5) is 0 Å². The normalized spacial score (nSPS) is 33.8. The third kappa shape index (κ3) is 1.13. The average Bonchev–Trinajstić information content (AvgIpc) is 2.29. The van der Waals surface area contributed by atoms with Gasteiger partial charge in [0.05, 0.1) is 5.41 Å². The van der Waals surface area contributed by atoms with Crippen LogP contribution in [0.5, 0.6) is 0 Å². The second-order valence-corrected chi connectivity index (χ2v) is 4.26. The third-order valence-electron chi connectivity index (χ3n) is 3.23. The lowest BCUT2D eigenvalue weighted by Gasteiger charge is -2.28. The first-order valence-electron chi connectivity index (χ1n) is 4.94. The number of ether oxygens (including phenoxy) is 1. The minimum Gasteiger partial charge on any atom is -0.462 e. The Morgan fingerprint density at radius 1 is 1.33 bits per heavy atom. The van der Waals surface area contributed by atoms with Crippen molar-refractivity contribution in [1.29, 1.82) is 0 Å². The zero-order valence-electron chi connectivity index (χ0n) is 7.64. The van der Waals surface area contributed by atoms with Crippen molar-refractivity contribution >= 4 is 5.97 Å². The topological polar surface area (TPSA) is 26.3 Å². The largest absolute Gasteiger partial charge is 0.462 e. The maximum atomic E-state index is 11.5. The number of carbonyl (C=O) groups is 1. The van der Waals surface area contributed by atoms with Crippen molar-refractivity contribution in [3.8, 4) is 0 Å². The minimum absolute atomic E-state index is 0.0579. The van der Waals surface area contributed by atoms with E-state index in [1.54, 1.807) is 0 Å². The summed E-state index contributed by atoms with van der Waals surface area (Å²) in [5, 5.41) is 0. The van der Waals surface area contributed by atoms with E-state index in [9.17, 15) is 4.79 Å². The Kier molecular flexibility index (Phi) is 1.85. The predicted octanol–water partition coefficient (Wildman–Crippen LogP) is 2.27. The van der Waals surface area contributed by atoms with Gasteiger partial charge >= 0.3 is 5.97 Å². The monoisotopic (exact) mass is 168 g/mol. The highest BCUT2D eigenvalue weighted by Gasteiger charge is 2.47. The molecule has 0 N–H and O–H groups in total. The van der Waals surface area contributed by atoms with Gasteiger partial charge in [0.15, 0.2) is 0 Å². The van der Waals surface area contributed by atoms with Crippen LogP contribution in [-0.4, -0.2) is 12.1 Å². The van der Waals surface area contributed by atoms with Gasteiger partial charge in [-0.2, -0.15) is 0 Å². The highest BCUT2D eigenvalue weighted by atomic mass is 16.6. The number of carbonyl (C=O) groups excluding carboxylic acids is 1. The fourth-order valence-electron chi connectivity index (χ4n) is 2.62. The van der Waals surface area contributed by atoms with Crippen molar-refractivity contribution in [2.75, 3.05) is 0 Å². The number of hydrogen-bond acceptors (Lipinski definition) is 2. The Labute approximate surface area is 73.3 Å². The molecule has 0 aromatic heterocycles. The summed E-state index contributed by atoms with van der Waals surface area (Å²) >= 11 is 0. The molecule has 2 heteroatoms. The van der Waals surface area contributed by atoms with E-state index in [-0.39, 0.29) is 17.5 Å². The second kappa shape index (κ2) is 2.75. The molecule has 68 valence electrons. The first-order valence-corrected chi connectivity index (χ1v) is 4.94. The zero-order valence-corrected chi connectivity index (χ0v) is 7.64. The summed E-state index contributed by atoms with van der Waals surface area (Å²) in [4.78, 5) is 11.5. The molecule has 0 unspecified atom stereocenters. The SMILES string of the molecule is C[C@@H]1CC2(CCCCC2)C(=O)O1. The summed E-state index contributed by atoms with van der Waals surface area (Å²) in [6, 6.07) is 0. The Balaban J connectivity index is 2.13. The van der Waals surface area contributed by atoms with Gasteiger partial charge < -0.3 is 4.74 Å². The molecule has 0 radical (unpaired) electrons. The molecule has 12 heavy (non-hydrogen) atoms. The molecular formula is C10H16O2. The van der Waals surface area contributed by atoms with Gasteiger partial charge in [0.2, 0.25) is 0 Å². The summed E-state index contributed by atoms with van der Waals surface area (Å²) in [5.74, 6) is 0.0784. The standard InChI is InChI=1S/C10H16O2/c1-8-7-10(9(11)12-8)5-3-2-4-6-10/h8H,2-7H2,1H3/t8-/m1/s1. The van der Waals surface area contributed by atoms with Crippen LogP contribution in [0.2, 0.25) is 0 Å². The highest BCUT2D eigenvalue weighted by Crippen LogP contribution is 2.45. The van der Waals surface area contributed by atoms with Gasteiger partial charge in [0.25, 0.3) is 0 Å². The molecule has 1 aliphatic carbocycles. The maximum absolute atomic E-state index is 11.5. The molecule has 1 saturated heterocycles. The first kappa shape index (κ1) is 8.09. The fourth-order valence-corrected chi connectivity index (χ4v) is 2.62. The van der Waals surface area contributed by atoms with Gasteiger partial charge in [-0.05, 0) is 19.8 Å². The van der Waals surface area contributed by atoms with Crippen molar-refractivity contribution < 1.29 is 9.53 Å². The molecule has 2 aliphatic rings. The Morgan fingerprint density at radius 3 is 2.50 bits per heavy atom. The van der Waals surface area contributed by atoms with Crippen LogP contribution < -0.4 is 0 Å². The smallest absolute Gasteiger partial charge is 0.312 e. The van der Waals surface area contributed by atoms with Crippen molar-refractivity contribution in [2.24, 2.45) is 5.41 Å². The summed E-state index contributed by atoms with van der Waals surface area (Å²) in [6.45, 7) is 2.00. The molecule has 0 aromatic rings. The van der Waals surface area contributed by atoms with Gasteiger partial charge in [0, 0.05) is 6.42 Å². The number of esters is 1. The summed E-state index contributed by atoms with van der Waals surface area (Å²) < 4.78 is 5.22. The molecule has 2 fully saturated rings. The van der Waals surface area contributed by atoms with E-state index < -0.39 is 0 Å². The van der Waals surface area contributed by atoms with Crippen LogP contribution in [0.15, 0.2) is 0 Å². The van der Waals surface area contributed by atoms with E-state index in [0.29, 0.717) is 0 Å².